The van der Waals surface area contributed by atoms with Crippen LogP contribution in [0.2, 0.25) is 0 Å². The van der Waals surface area contributed by atoms with E-state index in [1.807, 2.05) is 17.8 Å². The van der Waals surface area contributed by atoms with Crippen molar-refractivity contribution in [2.75, 3.05) is 6.61 Å². The van der Waals surface area contributed by atoms with E-state index >= 15 is 0 Å². The lowest BCUT2D eigenvalue weighted by Gasteiger charge is -2.00. The molecule has 92 valence electrons. The highest BCUT2D eigenvalue weighted by molar-refractivity contribution is 7.12. The van der Waals surface area contributed by atoms with Crippen LogP contribution in [0.25, 0.3) is 0 Å². The van der Waals surface area contributed by atoms with Gasteiger partial charge in [-0.2, -0.15) is 5.10 Å². The lowest BCUT2D eigenvalue weighted by atomic mass is 10.2. The Morgan fingerprint density at radius 2 is 2.35 bits per heavy atom. The molecule has 0 amide bonds. The number of nitrogens with two attached hydrogens (primary N) is 1. The summed E-state index contributed by atoms with van der Waals surface area (Å²) in [6, 6.07) is 2.15. The smallest absolute Gasteiger partial charge is 0.157 e. The molecule has 2 heterocycles. The van der Waals surface area contributed by atoms with E-state index in [2.05, 4.69) is 18.1 Å². The van der Waals surface area contributed by atoms with Gasteiger partial charge < -0.3 is 10.5 Å². The lowest BCUT2D eigenvalue weighted by molar-refractivity contribution is 0.340. The van der Waals surface area contributed by atoms with Gasteiger partial charge in [-0.25, -0.2) is 0 Å². The molecule has 5 heteroatoms. The first-order chi connectivity index (χ1) is 8.22. The van der Waals surface area contributed by atoms with Crippen molar-refractivity contribution in [2.24, 2.45) is 5.73 Å². The zero-order chi connectivity index (χ0) is 12.3. The summed E-state index contributed by atoms with van der Waals surface area (Å²) in [7, 11) is 0. The van der Waals surface area contributed by atoms with Crippen LogP contribution < -0.4 is 10.5 Å². The maximum absolute atomic E-state index is 5.64. The van der Waals surface area contributed by atoms with Crippen LogP contribution in [-0.4, -0.2) is 16.4 Å². The summed E-state index contributed by atoms with van der Waals surface area (Å²) in [5, 5.41) is 4.27. The molecule has 2 rings (SSSR count). The summed E-state index contributed by atoms with van der Waals surface area (Å²) in [5.41, 5.74) is 6.92. The van der Waals surface area contributed by atoms with E-state index in [9.17, 15) is 0 Å². The topological polar surface area (TPSA) is 53.1 Å². The van der Waals surface area contributed by atoms with Crippen LogP contribution in [0.1, 0.15) is 22.2 Å². The van der Waals surface area contributed by atoms with Gasteiger partial charge in [-0.15, -0.1) is 11.3 Å². The molecule has 0 bridgehead atoms. The molecular formula is C12H17N3OS. The predicted octanol–water partition coefficient (Wildman–Crippen LogP) is 2.16. The second-order valence-electron chi connectivity index (χ2n) is 3.80. The molecule has 0 unspecified atom stereocenters. The Kier molecular flexibility index (Phi) is 3.81. The highest BCUT2D eigenvalue weighted by atomic mass is 32.1. The molecule has 0 spiro atoms. The zero-order valence-corrected chi connectivity index (χ0v) is 11.0. The first kappa shape index (κ1) is 12.1. The summed E-state index contributed by atoms with van der Waals surface area (Å²) < 4.78 is 7.27. The fourth-order valence-electron chi connectivity index (χ4n) is 1.69. The summed E-state index contributed by atoms with van der Waals surface area (Å²) in [4.78, 5) is 2.52. The van der Waals surface area contributed by atoms with E-state index < -0.39 is 0 Å². The summed E-state index contributed by atoms with van der Waals surface area (Å²) >= 11 is 1.75. The van der Waals surface area contributed by atoms with Crippen molar-refractivity contribution in [2.45, 2.75) is 26.9 Å². The maximum Gasteiger partial charge on any atom is 0.157 e. The molecule has 2 N–H and O–H groups in total. The van der Waals surface area contributed by atoms with Gasteiger partial charge in [-0.3, -0.25) is 4.68 Å². The Hall–Kier alpha value is -1.33. The average Bonchev–Trinajstić information content (AvgIpc) is 2.88. The largest absolute Gasteiger partial charge is 0.491 e. The third kappa shape index (κ3) is 2.87. The number of aromatic nitrogens is 2. The van der Waals surface area contributed by atoms with Crippen molar-refractivity contribution >= 4 is 11.3 Å². The summed E-state index contributed by atoms with van der Waals surface area (Å²) in [6.45, 7) is 6.13. The number of hydrogen-bond acceptors (Lipinski definition) is 4. The normalized spacial score (nSPS) is 10.8. The molecule has 0 aliphatic rings. The number of aryl methyl sites for hydroxylation is 1. The molecule has 0 atom stereocenters. The standard InChI is InChI=1S/C12H17N3OS/c1-3-16-11-6-14-15(8-11)7-10-4-12(5-13)17-9(10)2/h4,6,8H,3,5,7,13H2,1-2H3. The Bertz CT molecular complexity index is 490. The minimum absolute atomic E-state index is 0.606. The number of rotatable bonds is 5. The minimum Gasteiger partial charge on any atom is -0.491 e. The molecule has 0 aromatic carbocycles. The van der Waals surface area contributed by atoms with Gasteiger partial charge in [0.05, 0.1) is 25.5 Å². The van der Waals surface area contributed by atoms with Crippen molar-refractivity contribution in [3.63, 3.8) is 0 Å². The van der Waals surface area contributed by atoms with E-state index in [4.69, 9.17) is 10.5 Å². The van der Waals surface area contributed by atoms with Gasteiger partial charge >= 0.3 is 0 Å². The first-order valence-corrected chi connectivity index (χ1v) is 6.48. The van der Waals surface area contributed by atoms with Crippen molar-refractivity contribution < 1.29 is 4.74 Å². The van der Waals surface area contributed by atoms with Crippen LogP contribution >= 0.6 is 11.3 Å². The van der Waals surface area contributed by atoms with E-state index in [0.29, 0.717) is 13.2 Å². The van der Waals surface area contributed by atoms with Crippen LogP contribution in [0.3, 0.4) is 0 Å². The van der Waals surface area contributed by atoms with Crippen LogP contribution in [0.4, 0.5) is 0 Å². The van der Waals surface area contributed by atoms with Crippen molar-refractivity contribution in [3.05, 3.63) is 33.8 Å². The van der Waals surface area contributed by atoms with E-state index in [-0.39, 0.29) is 0 Å². The molecule has 0 saturated heterocycles. The van der Waals surface area contributed by atoms with Crippen molar-refractivity contribution in [1.29, 1.82) is 0 Å². The van der Waals surface area contributed by atoms with E-state index in [1.165, 1.54) is 15.3 Å². The Morgan fingerprint density at radius 3 is 3.00 bits per heavy atom. The third-order valence-corrected chi connectivity index (χ3v) is 3.64. The number of thiophene rings is 1. The Labute approximate surface area is 105 Å². The van der Waals surface area contributed by atoms with E-state index in [1.54, 1.807) is 17.5 Å². The van der Waals surface area contributed by atoms with E-state index in [0.717, 1.165) is 12.3 Å². The Balaban J connectivity index is 2.10. The molecule has 0 radical (unpaired) electrons. The predicted molar refractivity (Wildman–Crippen MR) is 69.4 cm³/mol. The van der Waals surface area contributed by atoms with Gasteiger partial charge in [0, 0.05) is 16.3 Å². The van der Waals surface area contributed by atoms with Gasteiger partial charge in [-0.1, -0.05) is 0 Å². The third-order valence-electron chi connectivity index (χ3n) is 2.53. The minimum atomic E-state index is 0.606. The molecule has 4 nitrogen and oxygen atoms in total. The number of nitrogens with zero attached hydrogens (tertiary/aromatic N) is 2. The number of hydrogen-bond donors (Lipinski definition) is 1. The molecule has 17 heavy (non-hydrogen) atoms. The summed E-state index contributed by atoms with van der Waals surface area (Å²) in [6.07, 6.45) is 3.66. The van der Waals surface area contributed by atoms with Gasteiger partial charge in [-0.05, 0) is 25.5 Å². The quantitative estimate of drug-likeness (QED) is 0.886. The van der Waals surface area contributed by atoms with Crippen molar-refractivity contribution in [3.8, 4) is 5.75 Å². The fraction of sp³-hybridized carbons (Fsp3) is 0.417. The SMILES string of the molecule is CCOc1cnn(Cc2cc(CN)sc2C)c1. The maximum atomic E-state index is 5.64. The molecule has 0 aliphatic heterocycles. The fourth-order valence-corrected chi connectivity index (χ4v) is 2.62. The second-order valence-corrected chi connectivity index (χ2v) is 5.15. The molecular weight excluding hydrogens is 234 g/mol. The first-order valence-electron chi connectivity index (χ1n) is 5.66. The van der Waals surface area contributed by atoms with Crippen LogP contribution in [0.15, 0.2) is 18.5 Å². The van der Waals surface area contributed by atoms with Crippen LogP contribution in [-0.2, 0) is 13.1 Å². The molecule has 0 aliphatic carbocycles. The molecule has 2 aromatic heterocycles. The van der Waals surface area contributed by atoms with Gasteiger partial charge in [0.25, 0.3) is 0 Å². The molecule has 0 fully saturated rings. The highest BCUT2D eigenvalue weighted by Crippen LogP contribution is 2.22. The molecule has 0 saturated carbocycles. The number of ether oxygens (including phenoxy) is 1. The van der Waals surface area contributed by atoms with Crippen LogP contribution in [0.5, 0.6) is 5.75 Å². The van der Waals surface area contributed by atoms with Crippen molar-refractivity contribution in [1.82, 2.24) is 9.78 Å². The zero-order valence-electron chi connectivity index (χ0n) is 10.1. The van der Waals surface area contributed by atoms with Gasteiger partial charge in [0.1, 0.15) is 0 Å². The lowest BCUT2D eigenvalue weighted by Crippen LogP contribution is -2.00. The van der Waals surface area contributed by atoms with Gasteiger partial charge in [0.15, 0.2) is 5.75 Å². The Morgan fingerprint density at radius 1 is 1.53 bits per heavy atom. The summed E-state index contributed by atoms with van der Waals surface area (Å²) in [5.74, 6) is 0.819. The molecule has 2 aromatic rings. The second kappa shape index (κ2) is 5.33. The van der Waals surface area contributed by atoms with Crippen LogP contribution in [0, 0.1) is 6.92 Å². The van der Waals surface area contributed by atoms with Gasteiger partial charge in [0.2, 0.25) is 0 Å². The monoisotopic (exact) mass is 251 g/mol. The average molecular weight is 251 g/mol. The highest BCUT2D eigenvalue weighted by Gasteiger charge is 2.06.